The number of benzene rings is 3. The zero-order valence-electron chi connectivity index (χ0n) is 18.1. The summed E-state index contributed by atoms with van der Waals surface area (Å²) in [6.07, 6.45) is 2.11. The summed E-state index contributed by atoms with van der Waals surface area (Å²) >= 11 is 0. The molecule has 0 unspecified atom stereocenters. The van der Waals surface area contributed by atoms with Crippen LogP contribution < -0.4 is 4.40 Å². The Balaban J connectivity index is 1.84. The molecule has 6 aromatic rings. The lowest BCUT2D eigenvalue weighted by Crippen LogP contribution is -2.28. The van der Waals surface area contributed by atoms with E-state index >= 15 is 0 Å². The molecule has 3 aromatic heterocycles. The number of carbonyl (C=O) groups excluding carboxylic acids is 1. The highest BCUT2D eigenvalue weighted by Gasteiger charge is 2.26. The number of aromatic nitrogens is 2. The van der Waals surface area contributed by atoms with Crippen LogP contribution in [0.1, 0.15) is 10.4 Å². The van der Waals surface area contributed by atoms with Crippen LogP contribution in [0.25, 0.3) is 44.5 Å². The van der Waals surface area contributed by atoms with Gasteiger partial charge >= 0.3 is 5.97 Å². The van der Waals surface area contributed by atoms with Crippen LogP contribution in [-0.2, 0) is 4.74 Å². The van der Waals surface area contributed by atoms with Gasteiger partial charge in [-0.3, -0.25) is 0 Å². The first kappa shape index (κ1) is 19.3. The van der Waals surface area contributed by atoms with Gasteiger partial charge in [0.05, 0.1) is 24.4 Å². The molecule has 0 radical (unpaired) electrons. The van der Waals surface area contributed by atoms with E-state index in [1.54, 1.807) is 0 Å². The monoisotopic (exact) mass is 429 g/mol. The number of pyridine rings is 1. The molecule has 0 saturated carbocycles. The molecule has 0 N–H and O–H groups in total. The number of esters is 1. The fraction of sp³-hybridized carbons (Fsp3) is 0.0345. The van der Waals surface area contributed by atoms with Gasteiger partial charge in [-0.25, -0.2) is 4.79 Å². The number of carbonyl (C=O) groups is 1. The number of ether oxygens (including phenoxy) is 1. The molecule has 158 valence electrons. The normalized spacial score (nSPS) is 11.3. The molecule has 4 nitrogen and oxygen atoms in total. The van der Waals surface area contributed by atoms with Gasteiger partial charge in [0.1, 0.15) is 11.0 Å². The van der Waals surface area contributed by atoms with Crippen molar-refractivity contribution in [1.29, 1.82) is 0 Å². The Hall–Kier alpha value is -4.44. The first-order chi connectivity index (χ1) is 16.3. The van der Waals surface area contributed by atoms with Gasteiger partial charge in [-0.1, -0.05) is 66.7 Å². The Labute approximate surface area is 190 Å². The molecular weight excluding hydrogens is 408 g/mol. The van der Waals surface area contributed by atoms with Crippen molar-refractivity contribution >= 4 is 28.0 Å². The molecule has 3 heterocycles. The summed E-state index contributed by atoms with van der Waals surface area (Å²) in [6.45, 7) is 0. The van der Waals surface area contributed by atoms with Gasteiger partial charge in [0.25, 0.3) is 5.65 Å². The fourth-order valence-electron chi connectivity index (χ4n) is 4.71. The van der Waals surface area contributed by atoms with Crippen LogP contribution in [0.15, 0.2) is 109 Å². The molecule has 0 saturated heterocycles. The average molecular weight is 429 g/mol. The number of fused-ring (bicyclic) bond motifs is 5. The fourth-order valence-corrected chi connectivity index (χ4v) is 4.71. The minimum absolute atomic E-state index is 0.334. The highest BCUT2D eigenvalue weighted by atomic mass is 16.5. The van der Waals surface area contributed by atoms with E-state index in [-0.39, 0.29) is 5.97 Å². The standard InChI is InChI=1S/C29H21N2O2/c1-33-29(32)22-15-16-24-23(18-22)19-25-27(20-10-4-2-5-11-20)28(21-12-6-3-7-13-21)30-17-9-8-14-26(30)31(24)25/h2-19H,1H3/q+1. The summed E-state index contributed by atoms with van der Waals surface area (Å²) in [5, 5.41) is 0.992. The van der Waals surface area contributed by atoms with Crippen LogP contribution >= 0.6 is 0 Å². The predicted octanol–water partition coefficient (Wildman–Crippen LogP) is 5.95. The number of rotatable bonds is 3. The minimum Gasteiger partial charge on any atom is -0.465 e. The number of hydrogen-bond acceptors (Lipinski definition) is 2. The van der Waals surface area contributed by atoms with E-state index in [1.807, 2.05) is 30.3 Å². The first-order valence-electron chi connectivity index (χ1n) is 10.9. The molecule has 33 heavy (non-hydrogen) atoms. The lowest BCUT2D eigenvalue weighted by Gasteiger charge is -2.12. The highest BCUT2D eigenvalue weighted by molar-refractivity contribution is 6.02. The Morgan fingerprint density at radius 3 is 2.18 bits per heavy atom. The summed E-state index contributed by atoms with van der Waals surface area (Å²) in [7, 11) is 1.41. The Kier molecular flexibility index (Phi) is 4.44. The lowest BCUT2D eigenvalue weighted by atomic mass is 9.98. The lowest BCUT2D eigenvalue weighted by molar-refractivity contribution is -0.501. The van der Waals surface area contributed by atoms with E-state index in [4.69, 9.17) is 4.74 Å². The molecule has 0 fully saturated rings. The molecule has 0 amide bonds. The second-order valence-electron chi connectivity index (χ2n) is 8.01. The van der Waals surface area contributed by atoms with Gasteiger partial charge in [-0.2, -0.15) is 8.80 Å². The van der Waals surface area contributed by atoms with E-state index in [9.17, 15) is 4.79 Å². The van der Waals surface area contributed by atoms with Crippen molar-refractivity contribution < 1.29 is 13.9 Å². The van der Waals surface area contributed by atoms with Crippen LogP contribution in [0.4, 0.5) is 0 Å². The van der Waals surface area contributed by atoms with Crippen molar-refractivity contribution in [2.45, 2.75) is 0 Å². The van der Waals surface area contributed by atoms with Crippen LogP contribution in [0.5, 0.6) is 0 Å². The van der Waals surface area contributed by atoms with Gasteiger partial charge in [0.15, 0.2) is 5.69 Å². The smallest absolute Gasteiger partial charge is 0.337 e. The Morgan fingerprint density at radius 1 is 0.758 bits per heavy atom. The largest absolute Gasteiger partial charge is 0.465 e. The van der Waals surface area contributed by atoms with Crippen molar-refractivity contribution in [2.75, 3.05) is 7.11 Å². The molecule has 0 atom stereocenters. The van der Waals surface area contributed by atoms with E-state index in [0.717, 1.165) is 44.5 Å². The maximum absolute atomic E-state index is 12.2. The second kappa shape index (κ2) is 7.61. The Bertz CT molecular complexity index is 1650. The maximum atomic E-state index is 12.2. The molecule has 0 aliphatic heterocycles. The summed E-state index contributed by atoms with van der Waals surface area (Å²) in [4.78, 5) is 12.2. The average Bonchev–Trinajstić information content (AvgIpc) is 3.27. The van der Waals surface area contributed by atoms with Gasteiger partial charge in [-0.05, 0) is 35.9 Å². The van der Waals surface area contributed by atoms with Gasteiger partial charge in [0.2, 0.25) is 0 Å². The zero-order valence-corrected chi connectivity index (χ0v) is 18.1. The molecule has 0 bridgehead atoms. The van der Waals surface area contributed by atoms with Gasteiger partial charge < -0.3 is 4.74 Å². The van der Waals surface area contributed by atoms with E-state index in [0.29, 0.717) is 5.56 Å². The number of hydrogen-bond donors (Lipinski definition) is 0. The second-order valence-corrected chi connectivity index (χ2v) is 8.01. The summed E-state index contributed by atoms with van der Waals surface area (Å²) in [5.41, 5.74) is 8.26. The first-order valence-corrected chi connectivity index (χ1v) is 10.9. The van der Waals surface area contributed by atoms with Crippen molar-refractivity contribution in [3.63, 3.8) is 0 Å². The summed E-state index contributed by atoms with van der Waals surface area (Å²) in [5.74, 6) is -0.334. The molecule has 0 aliphatic rings. The third-order valence-electron chi connectivity index (χ3n) is 6.13. The third kappa shape index (κ3) is 2.99. The van der Waals surface area contributed by atoms with Crippen molar-refractivity contribution in [2.24, 2.45) is 0 Å². The van der Waals surface area contributed by atoms with Crippen LogP contribution in [0.2, 0.25) is 0 Å². The number of methoxy groups -OCH3 is 1. The Morgan fingerprint density at radius 2 is 1.45 bits per heavy atom. The van der Waals surface area contributed by atoms with Gasteiger partial charge in [0, 0.05) is 17.0 Å². The van der Waals surface area contributed by atoms with Gasteiger partial charge in [-0.15, -0.1) is 0 Å². The van der Waals surface area contributed by atoms with Crippen LogP contribution in [0, 0.1) is 0 Å². The summed E-state index contributed by atoms with van der Waals surface area (Å²) in [6, 6.07) is 35.1. The topological polar surface area (TPSA) is 34.8 Å². The number of nitrogens with zero attached hydrogens (tertiary/aromatic N) is 2. The molecule has 0 aliphatic carbocycles. The van der Waals surface area contributed by atoms with Crippen molar-refractivity contribution in [3.8, 4) is 22.4 Å². The molecule has 4 heteroatoms. The minimum atomic E-state index is -0.334. The highest BCUT2D eigenvalue weighted by Crippen LogP contribution is 2.37. The van der Waals surface area contributed by atoms with E-state index < -0.39 is 0 Å². The quantitative estimate of drug-likeness (QED) is 0.257. The van der Waals surface area contributed by atoms with E-state index in [1.165, 1.54) is 7.11 Å². The van der Waals surface area contributed by atoms with Crippen LogP contribution in [-0.4, -0.2) is 17.5 Å². The van der Waals surface area contributed by atoms with Crippen molar-refractivity contribution in [3.05, 3.63) is 115 Å². The third-order valence-corrected chi connectivity index (χ3v) is 6.13. The zero-order chi connectivity index (χ0) is 22.4. The maximum Gasteiger partial charge on any atom is 0.337 e. The molecule has 0 spiro atoms. The van der Waals surface area contributed by atoms with E-state index in [2.05, 4.69) is 87.8 Å². The van der Waals surface area contributed by atoms with Crippen molar-refractivity contribution in [1.82, 2.24) is 4.40 Å². The van der Waals surface area contributed by atoms with Crippen LogP contribution in [0.3, 0.4) is 0 Å². The SMILES string of the molecule is COC(=O)c1ccc2c(c1)cc1c(-c3ccccc3)c(-c3ccccc3)[n+]3ccccc3n12. The predicted molar refractivity (Wildman–Crippen MR) is 130 cm³/mol. The summed E-state index contributed by atoms with van der Waals surface area (Å²) < 4.78 is 9.47. The molecule has 6 rings (SSSR count). The molecular formula is C29H21N2O2+. The molecule has 3 aromatic carbocycles.